The summed E-state index contributed by atoms with van der Waals surface area (Å²) in [5, 5.41) is 26.9. The smallest absolute Gasteiger partial charge is 0.129 e. The number of aliphatic hydroxyl groups is 3. The van der Waals surface area contributed by atoms with Gasteiger partial charge in [0.1, 0.15) is 11.5 Å². The van der Waals surface area contributed by atoms with Crippen LogP contribution in [0.5, 0.6) is 0 Å². The second-order valence-corrected chi connectivity index (χ2v) is 3.13. The lowest BCUT2D eigenvalue weighted by molar-refractivity contribution is -0.144. The highest BCUT2D eigenvalue weighted by Gasteiger charge is 2.34. The minimum absolute atomic E-state index is 0.152. The summed E-state index contributed by atoms with van der Waals surface area (Å²) in [4.78, 5) is 0. The van der Waals surface area contributed by atoms with E-state index in [1.54, 1.807) is 0 Å². The van der Waals surface area contributed by atoms with Crippen LogP contribution in [0.15, 0.2) is 0 Å². The Balaban J connectivity index is 2.47. The molecule has 0 aromatic rings. The standard InChI is InChI=1S/C6H12O4S/c7-2-3-1-4(8)5(9)6(11)10-3/h3-9,11H,1-2H2/t3-,4-,5+,6-/m0/s1. The van der Waals surface area contributed by atoms with Gasteiger partial charge in [-0.25, -0.2) is 0 Å². The van der Waals surface area contributed by atoms with E-state index in [1.165, 1.54) is 0 Å². The third kappa shape index (κ3) is 2.07. The first-order valence-corrected chi connectivity index (χ1v) is 3.97. The van der Waals surface area contributed by atoms with E-state index in [0.29, 0.717) is 0 Å². The molecule has 1 rings (SSSR count). The summed E-state index contributed by atoms with van der Waals surface area (Å²) in [6.07, 6.45) is -1.95. The predicted octanol–water partition coefficient (Wildman–Crippen LogP) is -1.25. The summed E-state index contributed by atoms with van der Waals surface area (Å²) >= 11 is 3.89. The second kappa shape index (κ2) is 3.73. The maximum atomic E-state index is 9.16. The molecular formula is C6H12O4S. The molecular weight excluding hydrogens is 168 g/mol. The molecule has 0 saturated carbocycles. The van der Waals surface area contributed by atoms with Crippen molar-refractivity contribution in [3.63, 3.8) is 0 Å². The summed E-state index contributed by atoms with van der Waals surface area (Å²) in [5.74, 6) is 0. The zero-order valence-corrected chi connectivity index (χ0v) is 6.82. The van der Waals surface area contributed by atoms with Gasteiger partial charge >= 0.3 is 0 Å². The molecule has 1 saturated heterocycles. The van der Waals surface area contributed by atoms with Crippen molar-refractivity contribution in [2.24, 2.45) is 0 Å². The number of aliphatic hydroxyl groups excluding tert-OH is 3. The highest BCUT2D eigenvalue weighted by Crippen LogP contribution is 2.21. The van der Waals surface area contributed by atoms with Crippen LogP contribution < -0.4 is 0 Å². The van der Waals surface area contributed by atoms with Crippen molar-refractivity contribution >= 4 is 12.6 Å². The van der Waals surface area contributed by atoms with E-state index in [0.717, 1.165) is 0 Å². The Labute approximate surface area is 70.2 Å². The normalized spacial score (nSPS) is 45.8. The van der Waals surface area contributed by atoms with Crippen LogP contribution in [-0.2, 0) is 4.74 Å². The summed E-state index contributed by atoms with van der Waals surface area (Å²) in [7, 11) is 0. The maximum Gasteiger partial charge on any atom is 0.129 e. The fourth-order valence-corrected chi connectivity index (χ4v) is 1.42. The van der Waals surface area contributed by atoms with Crippen molar-refractivity contribution in [3.05, 3.63) is 0 Å². The summed E-state index contributed by atoms with van der Waals surface area (Å²) in [5.41, 5.74) is -0.698. The van der Waals surface area contributed by atoms with E-state index in [9.17, 15) is 0 Å². The van der Waals surface area contributed by atoms with Gasteiger partial charge < -0.3 is 20.1 Å². The molecule has 4 nitrogen and oxygen atoms in total. The predicted molar refractivity (Wildman–Crippen MR) is 41.4 cm³/mol. The van der Waals surface area contributed by atoms with E-state index in [1.807, 2.05) is 0 Å². The lowest BCUT2D eigenvalue weighted by atomic mass is 10.0. The van der Waals surface area contributed by atoms with E-state index >= 15 is 0 Å². The molecule has 0 spiro atoms. The van der Waals surface area contributed by atoms with Gasteiger partial charge in [-0.2, -0.15) is 0 Å². The minimum atomic E-state index is -0.957. The maximum absolute atomic E-state index is 9.16. The molecule has 0 amide bonds. The van der Waals surface area contributed by atoms with Gasteiger partial charge in [-0.3, -0.25) is 0 Å². The third-order valence-electron chi connectivity index (χ3n) is 1.73. The molecule has 66 valence electrons. The van der Waals surface area contributed by atoms with Crippen LogP contribution in [-0.4, -0.2) is 45.7 Å². The molecule has 1 heterocycles. The highest BCUT2D eigenvalue weighted by atomic mass is 32.1. The number of hydrogen-bond donors (Lipinski definition) is 4. The number of ether oxygens (including phenoxy) is 1. The molecule has 0 aromatic heterocycles. The van der Waals surface area contributed by atoms with Gasteiger partial charge in [-0.05, 0) is 0 Å². The largest absolute Gasteiger partial charge is 0.394 e. The summed E-state index contributed by atoms with van der Waals surface area (Å²) in [6.45, 7) is -0.152. The molecule has 4 atom stereocenters. The Hall–Kier alpha value is 0.190. The molecule has 5 heteroatoms. The van der Waals surface area contributed by atoms with Crippen LogP contribution in [0, 0.1) is 0 Å². The van der Waals surface area contributed by atoms with Gasteiger partial charge in [0, 0.05) is 6.42 Å². The second-order valence-electron chi connectivity index (χ2n) is 2.62. The molecule has 0 bridgehead atoms. The fraction of sp³-hybridized carbons (Fsp3) is 1.00. The molecule has 11 heavy (non-hydrogen) atoms. The van der Waals surface area contributed by atoms with Crippen molar-refractivity contribution in [2.75, 3.05) is 6.61 Å². The lowest BCUT2D eigenvalue weighted by Gasteiger charge is -2.33. The lowest BCUT2D eigenvalue weighted by Crippen LogP contribution is -2.46. The Morgan fingerprint density at radius 3 is 2.55 bits per heavy atom. The first-order chi connectivity index (χ1) is 5.15. The highest BCUT2D eigenvalue weighted by molar-refractivity contribution is 7.80. The van der Waals surface area contributed by atoms with Gasteiger partial charge in [0.15, 0.2) is 0 Å². The number of rotatable bonds is 1. The molecule has 1 aliphatic heterocycles. The van der Waals surface area contributed by atoms with Crippen LogP contribution in [0.2, 0.25) is 0 Å². The fourth-order valence-electron chi connectivity index (χ4n) is 1.05. The first-order valence-electron chi connectivity index (χ1n) is 3.45. The average Bonchev–Trinajstić information content (AvgIpc) is 1.99. The molecule has 1 aliphatic rings. The molecule has 0 unspecified atom stereocenters. The van der Waals surface area contributed by atoms with Crippen molar-refractivity contribution in [1.29, 1.82) is 0 Å². The minimum Gasteiger partial charge on any atom is -0.394 e. The molecule has 0 radical (unpaired) electrons. The van der Waals surface area contributed by atoms with E-state index in [2.05, 4.69) is 12.6 Å². The van der Waals surface area contributed by atoms with Gasteiger partial charge in [0.05, 0.1) is 18.8 Å². The topological polar surface area (TPSA) is 69.9 Å². The first kappa shape index (κ1) is 9.28. The van der Waals surface area contributed by atoms with Gasteiger partial charge in [0.25, 0.3) is 0 Å². The van der Waals surface area contributed by atoms with Crippen LogP contribution in [0.1, 0.15) is 6.42 Å². The zero-order valence-electron chi connectivity index (χ0n) is 5.92. The Morgan fingerprint density at radius 1 is 1.45 bits per heavy atom. The Kier molecular flexibility index (Phi) is 3.15. The zero-order chi connectivity index (χ0) is 8.43. The Bertz CT molecular complexity index is 120. The van der Waals surface area contributed by atoms with Crippen molar-refractivity contribution < 1.29 is 20.1 Å². The quantitative estimate of drug-likeness (QED) is 0.380. The molecule has 1 fully saturated rings. The van der Waals surface area contributed by atoms with E-state index in [4.69, 9.17) is 20.1 Å². The Morgan fingerprint density at radius 2 is 2.09 bits per heavy atom. The van der Waals surface area contributed by atoms with Crippen LogP contribution in [0.25, 0.3) is 0 Å². The molecule has 0 aromatic carbocycles. The van der Waals surface area contributed by atoms with Crippen LogP contribution >= 0.6 is 12.6 Å². The van der Waals surface area contributed by atoms with Gasteiger partial charge in [-0.15, -0.1) is 12.6 Å². The van der Waals surface area contributed by atoms with Crippen molar-refractivity contribution in [3.8, 4) is 0 Å². The van der Waals surface area contributed by atoms with Crippen LogP contribution in [0.3, 0.4) is 0 Å². The summed E-state index contributed by atoms with van der Waals surface area (Å²) < 4.78 is 5.02. The monoisotopic (exact) mass is 180 g/mol. The van der Waals surface area contributed by atoms with Crippen molar-refractivity contribution in [2.45, 2.75) is 30.2 Å². The average molecular weight is 180 g/mol. The summed E-state index contributed by atoms with van der Waals surface area (Å²) in [6, 6.07) is 0. The van der Waals surface area contributed by atoms with E-state index in [-0.39, 0.29) is 13.0 Å². The number of thiol groups is 1. The third-order valence-corrected chi connectivity index (χ3v) is 2.15. The van der Waals surface area contributed by atoms with Crippen LogP contribution in [0.4, 0.5) is 0 Å². The van der Waals surface area contributed by atoms with Gasteiger partial charge in [-0.1, -0.05) is 0 Å². The SMILES string of the molecule is OC[C@@H]1C[C@H](O)[C@@H](O)[C@H](S)O1. The van der Waals surface area contributed by atoms with E-state index < -0.39 is 23.7 Å². The molecule has 0 aliphatic carbocycles. The van der Waals surface area contributed by atoms with Gasteiger partial charge in [0.2, 0.25) is 0 Å². The number of hydrogen-bond acceptors (Lipinski definition) is 5. The molecule has 3 N–H and O–H groups in total. The van der Waals surface area contributed by atoms with Crippen molar-refractivity contribution in [1.82, 2.24) is 0 Å².